The van der Waals surface area contributed by atoms with Gasteiger partial charge in [0.2, 0.25) is 5.91 Å². The zero-order valence-corrected chi connectivity index (χ0v) is 8.85. The lowest BCUT2D eigenvalue weighted by atomic mass is 9.96. The number of nitrogens with two attached hydrogens (primary N) is 1. The van der Waals surface area contributed by atoms with Gasteiger partial charge >= 0.3 is 11.9 Å². The molecule has 0 aliphatic rings. The molecule has 0 spiro atoms. The van der Waals surface area contributed by atoms with Crippen LogP contribution in [-0.4, -0.2) is 28.1 Å². The topological polar surface area (TPSA) is 118 Å². The minimum absolute atomic E-state index is 0.257. The molecule has 0 radical (unpaired) electrons. The van der Waals surface area contributed by atoms with Crippen LogP contribution in [0.1, 0.15) is 20.8 Å². The molecular formula is C9H15NO5. The van der Waals surface area contributed by atoms with Crippen molar-refractivity contribution < 1.29 is 24.6 Å². The van der Waals surface area contributed by atoms with E-state index in [2.05, 4.69) is 0 Å². The predicted octanol–water partition coefficient (Wildman–Crippen LogP) is 0.230. The molecule has 0 aliphatic carbocycles. The molecule has 0 rings (SSSR count). The summed E-state index contributed by atoms with van der Waals surface area (Å²) >= 11 is 0. The molecule has 0 aliphatic heterocycles. The van der Waals surface area contributed by atoms with Crippen molar-refractivity contribution in [1.82, 2.24) is 0 Å². The molecule has 1 amide bonds. The summed E-state index contributed by atoms with van der Waals surface area (Å²) in [6.45, 7) is 5.36. The van der Waals surface area contributed by atoms with Gasteiger partial charge in [-0.3, -0.25) is 4.79 Å². The number of rotatable bonds is 2. The molecular weight excluding hydrogens is 202 g/mol. The zero-order chi connectivity index (χ0) is 12.6. The maximum absolute atomic E-state index is 10.2. The highest BCUT2D eigenvalue weighted by Gasteiger charge is 2.16. The number of amides is 1. The highest BCUT2D eigenvalue weighted by molar-refractivity contribution is 5.89. The van der Waals surface area contributed by atoms with Crippen molar-refractivity contribution in [3.05, 3.63) is 12.2 Å². The van der Waals surface area contributed by atoms with Gasteiger partial charge in [0.15, 0.2) is 0 Å². The Morgan fingerprint density at radius 1 is 1.00 bits per heavy atom. The summed E-state index contributed by atoms with van der Waals surface area (Å²) in [5, 5.41) is 15.6. The van der Waals surface area contributed by atoms with Crippen molar-refractivity contribution in [2.45, 2.75) is 20.8 Å². The van der Waals surface area contributed by atoms with Crippen LogP contribution in [0.2, 0.25) is 0 Å². The van der Waals surface area contributed by atoms with Gasteiger partial charge in [0.05, 0.1) is 0 Å². The summed E-state index contributed by atoms with van der Waals surface area (Å²) in [5.41, 5.74) is 4.57. The molecule has 0 aromatic rings. The van der Waals surface area contributed by atoms with E-state index in [4.69, 9.17) is 15.9 Å². The Morgan fingerprint density at radius 3 is 1.27 bits per heavy atom. The Kier molecular flexibility index (Phi) is 6.85. The number of carbonyl (C=O) groups is 3. The van der Waals surface area contributed by atoms with Crippen molar-refractivity contribution in [1.29, 1.82) is 0 Å². The van der Waals surface area contributed by atoms with Gasteiger partial charge in [-0.25, -0.2) is 9.59 Å². The van der Waals surface area contributed by atoms with Crippen molar-refractivity contribution in [2.75, 3.05) is 0 Å². The van der Waals surface area contributed by atoms with E-state index in [1.807, 2.05) is 0 Å². The number of carboxylic acid groups (broad SMARTS) is 2. The van der Waals surface area contributed by atoms with Crippen LogP contribution < -0.4 is 5.73 Å². The van der Waals surface area contributed by atoms with Crippen LogP contribution in [0.3, 0.4) is 0 Å². The summed E-state index contributed by atoms with van der Waals surface area (Å²) < 4.78 is 0. The number of hydrogen-bond donors (Lipinski definition) is 3. The molecule has 0 fully saturated rings. The summed E-state index contributed by atoms with van der Waals surface area (Å²) in [7, 11) is 0. The number of carboxylic acids is 2. The molecule has 6 heteroatoms. The molecule has 15 heavy (non-hydrogen) atoms. The summed E-state index contributed by atoms with van der Waals surface area (Å²) in [6.07, 6.45) is 1.12. The van der Waals surface area contributed by atoms with Gasteiger partial charge in [0, 0.05) is 17.6 Å². The fraction of sp³-hybridized carbons (Fsp3) is 0.444. The molecule has 0 aromatic heterocycles. The number of carbonyl (C=O) groups excluding carboxylic acids is 1. The van der Waals surface area contributed by atoms with E-state index in [-0.39, 0.29) is 11.3 Å². The molecule has 0 heterocycles. The van der Waals surface area contributed by atoms with Crippen molar-refractivity contribution in [2.24, 2.45) is 11.1 Å². The van der Waals surface area contributed by atoms with Crippen molar-refractivity contribution in [3.8, 4) is 0 Å². The van der Waals surface area contributed by atoms with E-state index in [1.54, 1.807) is 20.8 Å². The fourth-order valence-electron chi connectivity index (χ4n) is 0.143. The Labute approximate surface area is 87.4 Å². The number of hydrogen-bond acceptors (Lipinski definition) is 3. The monoisotopic (exact) mass is 217 g/mol. The summed E-state index contributed by atoms with van der Waals surface area (Å²) in [5.74, 6) is -2.77. The highest BCUT2D eigenvalue weighted by atomic mass is 16.4. The molecule has 4 N–H and O–H groups in total. The smallest absolute Gasteiger partial charge is 0.328 e. The quantitative estimate of drug-likeness (QED) is 0.572. The first kappa shape index (κ1) is 15.6. The first-order valence-corrected chi connectivity index (χ1v) is 4.01. The van der Waals surface area contributed by atoms with Gasteiger partial charge in [-0.2, -0.15) is 0 Å². The molecule has 0 unspecified atom stereocenters. The normalized spacial score (nSPS) is 10.3. The molecule has 0 atom stereocenters. The van der Waals surface area contributed by atoms with E-state index in [0.717, 1.165) is 0 Å². The molecule has 0 saturated heterocycles. The van der Waals surface area contributed by atoms with E-state index in [0.29, 0.717) is 12.2 Å². The largest absolute Gasteiger partial charge is 0.478 e. The number of primary amides is 1. The zero-order valence-electron chi connectivity index (χ0n) is 8.85. The third-order valence-corrected chi connectivity index (χ3v) is 1.11. The first-order valence-electron chi connectivity index (χ1n) is 4.01. The van der Waals surface area contributed by atoms with Gasteiger partial charge in [-0.1, -0.05) is 20.8 Å². The van der Waals surface area contributed by atoms with Gasteiger partial charge in [-0.05, 0) is 0 Å². The lowest BCUT2D eigenvalue weighted by Crippen LogP contribution is -2.27. The van der Waals surface area contributed by atoms with Crippen LogP contribution >= 0.6 is 0 Å². The van der Waals surface area contributed by atoms with Crippen LogP contribution in [0.5, 0.6) is 0 Å². The van der Waals surface area contributed by atoms with Crippen LogP contribution in [-0.2, 0) is 14.4 Å². The van der Waals surface area contributed by atoms with E-state index >= 15 is 0 Å². The molecule has 0 aromatic carbocycles. The molecule has 0 saturated carbocycles. The summed E-state index contributed by atoms with van der Waals surface area (Å²) in [6, 6.07) is 0. The van der Waals surface area contributed by atoms with Gasteiger partial charge in [0.1, 0.15) is 0 Å². The lowest BCUT2D eigenvalue weighted by Gasteiger charge is -2.10. The van der Waals surface area contributed by atoms with Crippen molar-refractivity contribution in [3.63, 3.8) is 0 Å². The standard InChI is InChI=1S/C5H11NO.C4H4O4/c1-5(2,3)4(6)7;5-3(6)1-2-4(7)8/h1-3H3,(H2,6,7);1-2H,(H,5,6)(H,7,8). The van der Waals surface area contributed by atoms with Gasteiger partial charge in [0.25, 0.3) is 0 Å². The fourth-order valence-corrected chi connectivity index (χ4v) is 0.143. The minimum Gasteiger partial charge on any atom is -0.478 e. The maximum Gasteiger partial charge on any atom is 0.328 e. The van der Waals surface area contributed by atoms with Crippen LogP contribution in [0.25, 0.3) is 0 Å². The second kappa shape index (κ2) is 6.58. The highest BCUT2D eigenvalue weighted by Crippen LogP contribution is 2.09. The van der Waals surface area contributed by atoms with Crippen LogP contribution in [0.4, 0.5) is 0 Å². The van der Waals surface area contributed by atoms with Gasteiger partial charge in [-0.15, -0.1) is 0 Å². The Hall–Kier alpha value is -1.85. The third kappa shape index (κ3) is 15.0. The van der Waals surface area contributed by atoms with Crippen LogP contribution in [0, 0.1) is 5.41 Å². The lowest BCUT2D eigenvalue weighted by molar-refractivity contribution is -0.134. The maximum atomic E-state index is 10.2. The average Bonchev–Trinajstić information content (AvgIpc) is 2.00. The second-order valence-electron chi connectivity index (χ2n) is 3.62. The van der Waals surface area contributed by atoms with E-state index < -0.39 is 11.9 Å². The van der Waals surface area contributed by atoms with E-state index in [9.17, 15) is 14.4 Å². The SMILES string of the molecule is CC(C)(C)C(N)=O.O=C(O)C=CC(=O)O. The Balaban J connectivity index is 0. The molecule has 6 nitrogen and oxygen atoms in total. The Morgan fingerprint density at radius 2 is 1.20 bits per heavy atom. The minimum atomic E-state index is -1.26. The first-order chi connectivity index (χ1) is 6.57. The third-order valence-electron chi connectivity index (χ3n) is 1.11. The predicted molar refractivity (Wildman–Crippen MR) is 53.1 cm³/mol. The molecule has 0 bridgehead atoms. The van der Waals surface area contributed by atoms with Crippen LogP contribution in [0.15, 0.2) is 12.2 Å². The average molecular weight is 217 g/mol. The summed E-state index contributed by atoms with van der Waals surface area (Å²) in [4.78, 5) is 29.4. The van der Waals surface area contributed by atoms with Crippen molar-refractivity contribution >= 4 is 17.8 Å². The molecule has 86 valence electrons. The second-order valence-corrected chi connectivity index (χ2v) is 3.62. The van der Waals surface area contributed by atoms with Gasteiger partial charge < -0.3 is 15.9 Å². The van der Waals surface area contributed by atoms with E-state index in [1.165, 1.54) is 0 Å². The number of aliphatic carboxylic acids is 2. The Bertz CT molecular complexity index is 259.